The predicted molar refractivity (Wildman–Crippen MR) is 227 cm³/mol. The van der Waals surface area contributed by atoms with Gasteiger partial charge in [0.15, 0.2) is 0 Å². The first-order chi connectivity index (χ1) is 27.5. The van der Waals surface area contributed by atoms with E-state index in [-0.39, 0.29) is 18.4 Å². The van der Waals surface area contributed by atoms with E-state index in [1.165, 1.54) is 37.6 Å². The molecule has 2 aliphatic rings. The van der Waals surface area contributed by atoms with Crippen LogP contribution in [-0.2, 0) is 6.61 Å². The van der Waals surface area contributed by atoms with Crippen LogP contribution in [0.4, 0.5) is 0 Å². The van der Waals surface area contributed by atoms with Gasteiger partial charge in [0.05, 0.1) is 35.0 Å². The Labute approximate surface area is 338 Å². The van der Waals surface area contributed by atoms with Crippen molar-refractivity contribution in [2.45, 2.75) is 40.1 Å². The van der Waals surface area contributed by atoms with Gasteiger partial charge in [-0.1, -0.05) is 78.9 Å². The summed E-state index contributed by atoms with van der Waals surface area (Å²) in [5.41, 5.74) is 9.22. The van der Waals surface area contributed by atoms with E-state index in [0.717, 1.165) is 51.9 Å². The summed E-state index contributed by atoms with van der Waals surface area (Å²) in [4.78, 5) is 13.9. The Kier molecular flexibility index (Phi) is 12.7. The van der Waals surface area contributed by atoms with Crippen LogP contribution < -0.4 is 18.9 Å². The molecule has 2 aliphatic heterocycles. The predicted octanol–water partition coefficient (Wildman–Crippen LogP) is 10.8. The Bertz CT molecular complexity index is 2250. The summed E-state index contributed by atoms with van der Waals surface area (Å²) in [5, 5.41) is 9.63. The Hall–Kier alpha value is -5.15. The molecule has 4 unspecified atom stereocenters. The highest BCUT2D eigenvalue weighted by Crippen LogP contribution is 2.51. The van der Waals surface area contributed by atoms with Crippen molar-refractivity contribution in [2.24, 2.45) is 0 Å². The average Bonchev–Trinajstić information content (AvgIpc) is 3.28. The van der Waals surface area contributed by atoms with Gasteiger partial charge in [-0.25, -0.2) is 0 Å². The highest BCUT2D eigenvalue weighted by atomic mass is 32.2. The third-order valence-electron chi connectivity index (χ3n) is 10.7. The Morgan fingerprint density at radius 2 is 0.982 bits per heavy atom. The average molecular weight is 783 g/mol. The van der Waals surface area contributed by atoms with Gasteiger partial charge in [-0.15, -0.1) is 23.5 Å². The highest BCUT2D eigenvalue weighted by Gasteiger charge is 2.34. The van der Waals surface area contributed by atoms with E-state index in [4.69, 9.17) is 18.9 Å². The molecular weight excluding hydrogens is 737 g/mol. The lowest BCUT2D eigenvalue weighted by Gasteiger charge is -2.34. The van der Waals surface area contributed by atoms with Gasteiger partial charge >= 0.3 is 0 Å². The monoisotopic (exact) mass is 782 g/mol. The number of aliphatic hydroxyl groups is 1. The normalized spacial score (nSPS) is 18.3. The Balaban J connectivity index is 0.000000172. The minimum Gasteiger partial charge on any atom is -0.497 e. The fraction of sp³-hybridized carbons (Fsp3) is 0.229. The van der Waals surface area contributed by atoms with E-state index in [9.17, 15) is 9.90 Å². The summed E-state index contributed by atoms with van der Waals surface area (Å²) in [7, 11) is 6.78. The van der Waals surface area contributed by atoms with Gasteiger partial charge in [-0.3, -0.25) is 4.79 Å². The summed E-state index contributed by atoms with van der Waals surface area (Å²) in [5.74, 6) is 6.48. The van der Waals surface area contributed by atoms with Crippen molar-refractivity contribution in [3.63, 3.8) is 0 Å². The van der Waals surface area contributed by atoms with Gasteiger partial charge in [0, 0.05) is 50.5 Å². The number of aldehydes is 1. The summed E-state index contributed by atoms with van der Waals surface area (Å²) in [6.07, 6.45) is 0.915. The van der Waals surface area contributed by atoms with Crippen molar-refractivity contribution < 1.29 is 28.8 Å². The van der Waals surface area contributed by atoms with Crippen LogP contribution in [-0.4, -0.2) is 51.3 Å². The quantitative estimate of drug-likeness (QED) is 0.138. The third kappa shape index (κ3) is 8.48. The summed E-state index contributed by atoms with van der Waals surface area (Å²) < 4.78 is 21.5. The summed E-state index contributed by atoms with van der Waals surface area (Å²) in [6.45, 7) is 0.0536. The lowest BCUT2D eigenvalue weighted by atomic mass is 9.77. The van der Waals surface area contributed by atoms with E-state index >= 15 is 0 Å². The van der Waals surface area contributed by atoms with Crippen LogP contribution in [0.1, 0.15) is 73.0 Å². The maximum atomic E-state index is 11.4. The number of carbonyl (C=O) groups is 1. The number of fused-ring (bicyclic) bond motifs is 2. The smallest absolute Gasteiger partial charge is 0.150 e. The molecule has 0 aromatic heterocycles. The number of carbonyl (C=O) groups excluding carboxylic acids is 1. The molecule has 0 saturated carbocycles. The van der Waals surface area contributed by atoms with Crippen molar-refractivity contribution in [3.05, 3.63) is 178 Å². The summed E-state index contributed by atoms with van der Waals surface area (Å²) >= 11 is 3.74. The number of thioether (sulfide) groups is 2. The second-order valence-electron chi connectivity index (χ2n) is 13.8. The van der Waals surface area contributed by atoms with Crippen LogP contribution in [0, 0.1) is 0 Å². The minimum atomic E-state index is 0.0536. The Morgan fingerprint density at radius 3 is 1.43 bits per heavy atom. The SMILES string of the molecule is COc1ccc(C2CSc3cc(OC)ccc3C2c2cccc(C=O)c2)cc1.COc1ccc(C2CSc3cc(OC)ccc3C2c2cccc(CO)c2)cc1. The minimum absolute atomic E-state index is 0.0536. The molecule has 0 amide bonds. The number of hydrogen-bond acceptors (Lipinski definition) is 8. The molecule has 6 aromatic carbocycles. The fourth-order valence-corrected chi connectivity index (χ4v) is 10.5. The number of hydrogen-bond donors (Lipinski definition) is 1. The Morgan fingerprint density at radius 1 is 0.536 bits per heavy atom. The van der Waals surface area contributed by atoms with E-state index < -0.39 is 0 Å². The van der Waals surface area contributed by atoms with Gasteiger partial charge < -0.3 is 24.1 Å². The molecule has 4 atom stereocenters. The lowest BCUT2D eigenvalue weighted by molar-refractivity contribution is 0.112. The first-order valence-corrected chi connectivity index (χ1v) is 20.6. The fourth-order valence-electron chi connectivity index (χ4n) is 7.85. The zero-order valence-electron chi connectivity index (χ0n) is 32.0. The number of benzene rings is 6. The van der Waals surface area contributed by atoms with E-state index in [1.807, 2.05) is 90.3 Å². The van der Waals surface area contributed by atoms with Crippen LogP contribution in [0.5, 0.6) is 23.0 Å². The van der Waals surface area contributed by atoms with Crippen LogP contribution in [0.3, 0.4) is 0 Å². The summed E-state index contributed by atoms with van der Waals surface area (Å²) in [6, 6.07) is 45.6. The molecule has 6 nitrogen and oxygen atoms in total. The molecule has 0 aliphatic carbocycles. The molecule has 0 bridgehead atoms. The third-order valence-corrected chi connectivity index (χ3v) is 13.1. The second kappa shape index (κ2) is 18.2. The second-order valence-corrected chi connectivity index (χ2v) is 16.0. The topological polar surface area (TPSA) is 74.2 Å². The van der Waals surface area contributed by atoms with Gasteiger partial charge in [0.2, 0.25) is 0 Å². The molecule has 6 aromatic rings. The standard InChI is InChI=1S/C24H24O3S.C24H22O3S/c2*1-26-19-8-6-17(7-9-19)22-15-28-23-13-20(27-2)10-11-21(23)24(22)18-5-3-4-16(12-18)14-25/h3-13,22,24-25H,14-15H2,1-2H3;3-14,22,24H,15H2,1-2H3. The molecule has 0 spiro atoms. The molecular formula is C48H46O6S2. The molecule has 1 N–H and O–H groups in total. The van der Waals surface area contributed by atoms with Crippen molar-refractivity contribution >= 4 is 29.8 Å². The maximum Gasteiger partial charge on any atom is 0.150 e. The van der Waals surface area contributed by atoms with Crippen molar-refractivity contribution in [3.8, 4) is 23.0 Å². The van der Waals surface area contributed by atoms with Crippen LogP contribution >= 0.6 is 23.5 Å². The zero-order chi connectivity index (χ0) is 39.0. The molecule has 0 radical (unpaired) electrons. The molecule has 56 heavy (non-hydrogen) atoms. The first-order valence-electron chi connectivity index (χ1n) is 18.6. The largest absolute Gasteiger partial charge is 0.497 e. The van der Waals surface area contributed by atoms with Gasteiger partial charge in [0.25, 0.3) is 0 Å². The van der Waals surface area contributed by atoms with Crippen LogP contribution in [0.2, 0.25) is 0 Å². The lowest BCUT2D eigenvalue weighted by Crippen LogP contribution is -2.20. The molecule has 2 heterocycles. The number of rotatable bonds is 10. The molecule has 286 valence electrons. The van der Waals surface area contributed by atoms with E-state index in [2.05, 4.69) is 66.7 Å². The number of aliphatic hydroxyl groups excluding tert-OH is 1. The van der Waals surface area contributed by atoms with Crippen molar-refractivity contribution in [1.29, 1.82) is 0 Å². The van der Waals surface area contributed by atoms with E-state index in [1.54, 1.807) is 28.4 Å². The number of ether oxygens (including phenoxy) is 4. The molecule has 8 rings (SSSR count). The van der Waals surface area contributed by atoms with Gasteiger partial charge in [-0.05, 0) is 93.5 Å². The van der Waals surface area contributed by atoms with E-state index in [0.29, 0.717) is 17.4 Å². The highest BCUT2D eigenvalue weighted by molar-refractivity contribution is 7.99. The molecule has 0 fully saturated rings. The van der Waals surface area contributed by atoms with Crippen molar-refractivity contribution in [2.75, 3.05) is 39.9 Å². The zero-order valence-corrected chi connectivity index (χ0v) is 33.6. The maximum absolute atomic E-state index is 11.4. The first kappa shape index (κ1) is 39.1. The number of methoxy groups -OCH3 is 4. The molecule has 8 heteroatoms. The van der Waals surface area contributed by atoms with Crippen LogP contribution in [0.15, 0.2) is 143 Å². The van der Waals surface area contributed by atoms with Gasteiger partial charge in [-0.2, -0.15) is 0 Å². The van der Waals surface area contributed by atoms with Crippen LogP contribution in [0.25, 0.3) is 0 Å². The van der Waals surface area contributed by atoms with Gasteiger partial charge in [0.1, 0.15) is 29.3 Å². The van der Waals surface area contributed by atoms with Crippen molar-refractivity contribution in [1.82, 2.24) is 0 Å². The molecule has 0 saturated heterocycles.